The van der Waals surface area contributed by atoms with E-state index in [-0.39, 0.29) is 18.4 Å². The van der Waals surface area contributed by atoms with Crippen molar-refractivity contribution in [2.24, 2.45) is 0 Å². The van der Waals surface area contributed by atoms with Gasteiger partial charge in [-0.2, -0.15) is 0 Å². The highest BCUT2D eigenvalue weighted by molar-refractivity contribution is 5.98. The highest BCUT2D eigenvalue weighted by atomic mass is 16.4. The number of rotatable bonds is 4. The van der Waals surface area contributed by atoms with Gasteiger partial charge in [-0.3, -0.25) is 9.59 Å². The molecule has 0 bridgehead atoms. The van der Waals surface area contributed by atoms with Crippen LogP contribution in [0.3, 0.4) is 0 Å². The summed E-state index contributed by atoms with van der Waals surface area (Å²) in [6.45, 7) is 0.717. The van der Waals surface area contributed by atoms with Gasteiger partial charge < -0.3 is 15.0 Å². The van der Waals surface area contributed by atoms with Crippen LogP contribution in [-0.4, -0.2) is 39.5 Å². The third-order valence-corrected chi connectivity index (χ3v) is 4.38. The Bertz CT molecular complexity index is 692. The van der Waals surface area contributed by atoms with Gasteiger partial charge in [0.05, 0.1) is 0 Å². The number of carboxylic acids is 1. The summed E-state index contributed by atoms with van der Waals surface area (Å²) in [5.41, 5.74) is 1.69. The van der Waals surface area contributed by atoms with E-state index in [1.54, 1.807) is 0 Å². The molecule has 2 aromatic rings. The van der Waals surface area contributed by atoms with E-state index in [9.17, 15) is 9.59 Å². The zero-order valence-corrected chi connectivity index (χ0v) is 12.4. The van der Waals surface area contributed by atoms with Crippen molar-refractivity contribution < 1.29 is 14.7 Å². The molecular weight excluding hydrogens is 280 g/mol. The van der Waals surface area contributed by atoms with E-state index in [2.05, 4.69) is 4.98 Å². The lowest BCUT2D eigenvalue weighted by atomic mass is 9.96. The van der Waals surface area contributed by atoms with Crippen LogP contribution in [0, 0.1) is 0 Å². The van der Waals surface area contributed by atoms with Gasteiger partial charge in [0.2, 0.25) is 0 Å². The fourth-order valence-electron chi connectivity index (χ4n) is 3.21. The summed E-state index contributed by atoms with van der Waals surface area (Å²) in [6.07, 6.45) is 5.45. The number of likely N-dealkylation sites (tertiary alicyclic amines) is 1. The topological polar surface area (TPSA) is 73.4 Å². The number of amides is 1. The Morgan fingerprint density at radius 2 is 2.14 bits per heavy atom. The van der Waals surface area contributed by atoms with Crippen LogP contribution in [0.5, 0.6) is 0 Å². The first-order valence-corrected chi connectivity index (χ1v) is 7.75. The molecule has 5 nitrogen and oxygen atoms in total. The lowest BCUT2D eigenvalue weighted by Gasteiger charge is -2.35. The maximum atomic E-state index is 12.8. The average Bonchev–Trinajstić information content (AvgIpc) is 3.00. The van der Waals surface area contributed by atoms with Crippen LogP contribution in [0.2, 0.25) is 0 Å². The summed E-state index contributed by atoms with van der Waals surface area (Å²) in [6, 6.07) is 7.64. The number of nitrogens with zero attached hydrogens (tertiary/aromatic N) is 1. The molecule has 1 fully saturated rings. The Balaban J connectivity index is 1.79. The molecule has 1 aromatic heterocycles. The summed E-state index contributed by atoms with van der Waals surface area (Å²) in [5.74, 6) is -0.787. The second-order valence-electron chi connectivity index (χ2n) is 5.86. The fraction of sp³-hybridized carbons (Fsp3) is 0.412. The Morgan fingerprint density at radius 1 is 1.27 bits per heavy atom. The number of carbonyl (C=O) groups excluding carboxylic acids is 1. The van der Waals surface area contributed by atoms with Crippen LogP contribution < -0.4 is 0 Å². The van der Waals surface area contributed by atoms with Crippen LogP contribution in [0.4, 0.5) is 0 Å². The minimum absolute atomic E-state index is 0.0122. The normalized spacial score (nSPS) is 18.5. The molecule has 1 aliphatic rings. The summed E-state index contributed by atoms with van der Waals surface area (Å²) in [4.78, 5) is 28.6. The number of H-pyrrole nitrogens is 1. The van der Waals surface area contributed by atoms with E-state index in [1.165, 1.54) is 0 Å². The molecule has 0 saturated carbocycles. The van der Waals surface area contributed by atoms with Gasteiger partial charge in [-0.15, -0.1) is 0 Å². The monoisotopic (exact) mass is 300 g/mol. The number of aromatic nitrogens is 1. The lowest BCUT2D eigenvalue weighted by molar-refractivity contribution is -0.137. The Hall–Kier alpha value is -2.30. The number of aromatic amines is 1. The molecule has 1 aliphatic heterocycles. The molecule has 5 heteroatoms. The quantitative estimate of drug-likeness (QED) is 0.911. The second-order valence-corrected chi connectivity index (χ2v) is 5.86. The predicted molar refractivity (Wildman–Crippen MR) is 83.8 cm³/mol. The molecule has 2 N–H and O–H groups in total. The van der Waals surface area contributed by atoms with Gasteiger partial charge in [-0.05, 0) is 49.9 Å². The summed E-state index contributed by atoms with van der Waals surface area (Å²) in [7, 11) is 0. The van der Waals surface area contributed by atoms with Crippen LogP contribution in [-0.2, 0) is 4.79 Å². The Labute approximate surface area is 128 Å². The van der Waals surface area contributed by atoms with Gasteiger partial charge in [-0.1, -0.05) is 0 Å². The fourth-order valence-corrected chi connectivity index (χ4v) is 3.21. The summed E-state index contributed by atoms with van der Waals surface area (Å²) >= 11 is 0. The standard InChI is InChI=1S/C17H20N2O3/c20-16(21)7-5-14-3-1-2-10-19(14)17(22)13-4-6-15-12(11-13)8-9-18-15/h4,6,8-9,11,14,18H,1-3,5,7,10H2,(H,20,21)/t14-/m0/s1. The van der Waals surface area contributed by atoms with Crippen molar-refractivity contribution in [1.82, 2.24) is 9.88 Å². The van der Waals surface area contributed by atoms with Gasteiger partial charge in [0.15, 0.2) is 0 Å². The van der Waals surface area contributed by atoms with Crippen molar-refractivity contribution in [3.63, 3.8) is 0 Å². The number of fused-ring (bicyclic) bond motifs is 1. The van der Waals surface area contributed by atoms with Crippen molar-refractivity contribution in [2.45, 2.75) is 38.1 Å². The molecule has 1 amide bonds. The van der Waals surface area contributed by atoms with E-state index in [1.807, 2.05) is 35.4 Å². The average molecular weight is 300 g/mol. The number of carbonyl (C=O) groups is 2. The van der Waals surface area contributed by atoms with E-state index in [0.29, 0.717) is 18.5 Å². The number of nitrogens with one attached hydrogen (secondary N) is 1. The van der Waals surface area contributed by atoms with Gasteiger partial charge >= 0.3 is 5.97 Å². The highest BCUT2D eigenvalue weighted by Gasteiger charge is 2.27. The summed E-state index contributed by atoms with van der Waals surface area (Å²) in [5, 5.41) is 9.89. The maximum Gasteiger partial charge on any atom is 0.303 e. The third kappa shape index (κ3) is 2.98. The first-order chi connectivity index (χ1) is 10.6. The van der Waals surface area contributed by atoms with E-state index >= 15 is 0 Å². The molecule has 0 aliphatic carbocycles. The van der Waals surface area contributed by atoms with E-state index < -0.39 is 5.97 Å². The molecule has 0 unspecified atom stereocenters. The van der Waals surface area contributed by atoms with Gasteiger partial charge in [-0.25, -0.2) is 0 Å². The van der Waals surface area contributed by atoms with E-state index in [0.717, 1.165) is 30.2 Å². The van der Waals surface area contributed by atoms with Crippen molar-refractivity contribution in [1.29, 1.82) is 0 Å². The molecule has 1 saturated heterocycles. The van der Waals surface area contributed by atoms with Gasteiger partial charge in [0.1, 0.15) is 0 Å². The number of piperidine rings is 1. The second kappa shape index (κ2) is 6.22. The number of aliphatic carboxylic acids is 1. The number of carboxylic acid groups (broad SMARTS) is 1. The van der Waals surface area contributed by atoms with Crippen molar-refractivity contribution in [3.05, 3.63) is 36.0 Å². The smallest absolute Gasteiger partial charge is 0.303 e. The van der Waals surface area contributed by atoms with Crippen molar-refractivity contribution >= 4 is 22.8 Å². The largest absolute Gasteiger partial charge is 0.481 e. The van der Waals surface area contributed by atoms with E-state index in [4.69, 9.17) is 5.11 Å². The van der Waals surface area contributed by atoms with Crippen LogP contribution in [0.15, 0.2) is 30.5 Å². The molecule has 1 aromatic carbocycles. The molecule has 3 rings (SSSR count). The molecule has 22 heavy (non-hydrogen) atoms. The molecule has 2 heterocycles. The number of hydrogen-bond donors (Lipinski definition) is 2. The van der Waals surface area contributed by atoms with Crippen LogP contribution in [0.1, 0.15) is 42.5 Å². The molecule has 0 radical (unpaired) electrons. The first-order valence-electron chi connectivity index (χ1n) is 7.75. The zero-order valence-electron chi connectivity index (χ0n) is 12.4. The third-order valence-electron chi connectivity index (χ3n) is 4.38. The van der Waals surface area contributed by atoms with Gasteiger partial charge in [0, 0.05) is 41.7 Å². The Morgan fingerprint density at radius 3 is 2.95 bits per heavy atom. The van der Waals surface area contributed by atoms with Crippen molar-refractivity contribution in [2.75, 3.05) is 6.54 Å². The minimum Gasteiger partial charge on any atom is -0.481 e. The SMILES string of the molecule is O=C(O)CC[C@@H]1CCCCN1C(=O)c1ccc2[nH]ccc2c1. The zero-order chi connectivity index (χ0) is 15.5. The molecule has 1 atom stereocenters. The summed E-state index contributed by atoms with van der Waals surface area (Å²) < 4.78 is 0. The maximum absolute atomic E-state index is 12.8. The Kier molecular flexibility index (Phi) is 4.13. The molecule has 116 valence electrons. The van der Waals surface area contributed by atoms with Crippen LogP contribution in [0.25, 0.3) is 10.9 Å². The first kappa shape index (κ1) is 14.6. The van der Waals surface area contributed by atoms with Gasteiger partial charge in [0.25, 0.3) is 5.91 Å². The molecular formula is C17H20N2O3. The number of benzene rings is 1. The number of hydrogen-bond acceptors (Lipinski definition) is 2. The lowest BCUT2D eigenvalue weighted by Crippen LogP contribution is -2.43. The van der Waals surface area contributed by atoms with Crippen LogP contribution >= 0.6 is 0 Å². The molecule has 0 spiro atoms. The minimum atomic E-state index is -0.799. The predicted octanol–water partition coefficient (Wildman–Crippen LogP) is 3.03. The van der Waals surface area contributed by atoms with Crippen molar-refractivity contribution in [3.8, 4) is 0 Å². The highest BCUT2D eigenvalue weighted by Crippen LogP contribution is 2.24.